The molecule has 0 spiro atoms. The summed E-state index contributed by atoms with van der Waals surface area (Å²) in [5, 5.41) is 5.46. The number of ether oxygens (including phenoxy) is 2. The quantitative estimate of drug-likeness (QED) is 0.558. The van der Waals surface area contributed by atoms with Crippen LogP contribution >= 0.6 is 11.6 Å². The number of methoxy groups -OCH3 is 2. The van der Waals surface area contributed by atoms with Crippen LogP contribution in [0.25, 0.3) is 0 Å². The summed E-state index contributed by atoms with van der Waals surface area (Å²) in [6.45, 7) is 4.10. The zero-order valence-corrected chi connectivity index (χ0v) is 14.6. The van der Waals surface area contributed by atoms with Crippen LogP contribution in [0.3, 0.4) is 0 Å². The summed E-state index contributed by atoms with van der Waals surface area (Å²) in [4.78, 5) is 24.2. The highest BCUT2D eigenvalue weighted by molar-refractivity contribution is 6.19. The molecule has 6 nitrogen and oxygen atoms in total. The van der Waals surface area contributed by atoms with Crippen molar-refractivity contribution in [3.63, 3.8) is 0 Å². The first-order valence-electron chi connectivity index (χ1n) is 7.20. The Morgan fingerprint density at radius 2 is 1.61 bits per heavy atom. The van der Waals surface area contributed by atoms with E-state index in [4.69, 9.17) is 21.1 Å². The number of benzene rings is 1. The van der Waals surface area contributed by atoms with Crippen LogP contribution in [-0.4, -0.2) is 45.0 Å². The molecule has 1 aromatic rings. The lowest BCUT2D eigenvalue weighted by Crippen LogP contribution is -2.42. The summed E-state index contributed by atoms with van der Waals surface area (Å²) in [5.41, 5.74) is -0.317. The Morgan fingerprint density at radius 1 is 1.09 bits per heavy atom. The van der Waals surface area contributed by atoms with Gasteiger partial charge in [-0.3, -0.25) is 9.59 Å². The molecule has 0 aliphatic carbocycles. The molecule has 2 N–H and O–H groups in total. The molecule has 0 unspecified atom stereocenters. The van der Waals surface area contributed by atoms with E-state index in [0.717, 1.165) is 0 Å². The Hall–Kier alpha value is -1.95. The highest BCUT2D eigenvalue weighted by atomic mass is 35.5. The van der Waals surface area contributed by atoms with Crippen molar-refractivity contribution in [2.24, 2.45) is 5.41 Å². The molecular formula is C16H23ClN2O4. The van der Waals surface area contributed by atoms with Gasteiger partial charge in [0, 0.05) is 19.0 Å². The number of rotatable bonds is 8. The molecule has 0 fully saturated rings. The predicted octanol–water partition coefficient (Wildman–Crippen LogP) is 1.81. The molecule has 7 heteroatoms. The van der Waals surface area contributed by atoms with E-state index in [9.17, 15) is 9.59 Å². The van der Waals surface area contributed by atoms with Crippen LogP contribution < -0.4 is 20.1 Å². The Morgan fingerprint density at radius 3 is 2.09 bits per heavy atom. The van der Waals surface area contributed by atoms with E-state index < -0.39 is 5.41 Å². The van der Waals surface area contributed by atoms with Crippen molar-refractivity contribution in [1.82, 2.24) is 10.6 Å². The Kier molecular flexibility index (Phi) is 7.16. The van der Waals surface area contributed by atoms with E-state index in [2.05, 4.69) is 10.6 Å². The second-order valence-corrected chi connectivity index (χ2v) is 5.83. The van der Waals surface area contributed by atoms with E-state index in [1.54, 1.807) is 32.0 Å². The van der Waals surface area contributed by atoms with Gasteiger partial charge in [0.25, 0.3) is 5.91 Å². The normalized spacial score (nSPS) is 10.8. The molecular weight excluding hydrogens is 320 g/mol. The molecule has 0 radical (unpaired) electrons. The van der Waals surface area contributed by atoms with Crippen molar-refractivity contribution in [3.8, 4) is 11.5 Å². The molecule has 0 heterocycles. The molecule has 0 saturated heterocycles. The zero-order chi connectivity index (χ0) is 17.5. The Bertz CT molecular complexity index is 539. The van der Waals surface area contributed by atoms with Gasteiger partial charge >= 0.3 is 0 Å². The van der Waals surface area contributed by atoms with E-state index in [1.807, 2.05) is 0 Å². The van der Waals surface area contributed by atoms with Crippen molar-refractivity contribution in [3.05, 3.63) is 23.8 Å². The van der Waals surface area contributed by atoms with Gasteiger partial charge < -0.3 is 20.1 Å². The molecule has 0 atom stereocenters. The van der Waals surface area contributed by atoms with Crippen molar-refractivity contribution in [2.45, 2.75) is 13.8 Å². The first-order chi connectivity index (χ1) is 10.9. The minimum atomic E-state index is -0.641. The largest absolute Gasteiger partial charge is 0.496 e. The van der Waals surface area contributed by atoms with Gasteiger partial charge in [-0.15, -0.1) is 11.6 Å². The summed E-state index contributed by atoms with van der Waals surface area (Å²) in [6, 6.07) is 5.10. The number of halogens is 1. The third-order valence-corrected chi connectivity index (χ3v) is 3.97. The van der Waals surface area contributed by atoms with Crippen molar-refractivity contribution < 1.29 is 19.1 Å². The van der Waals surface area contributed by atoms with E-state index in [-0.39, 0.29) is 24.2 Å². The number of hydrogen-bond acceptors (Lipinski definition) is 4. The van der Waals surface area contributed by atoms with E-state index in [0.29, 0.717) is 23.6 Å². The number of nitrogens with one attached hydrogen (secondary N) is 2. The SMILES string of the molecule is COc1cccc(OC)c1C(=O)NCCNC(=O)C(C)(C)CCl. The van der Waals surface area contributed by atoms with Crippen LogP contribution in [-0.2, 0) is 4.79 Å². The monoisotopic (exact) mass is 342 g/mol. The summed E-state index contributed by atoms with van der Waals surface area (Å²) in [6.07, 6.45) is 0. The first-order valence-corrected chi connectivity index (χ1v) is 7.74. The molecule has 0 bridgehead atoms. The van der Waals surface area contributed by atoms with Gasteiger partial charge in [0.15, 0.2) is 0 Å². The summed E-state index contributed by atoms with van der Waals surface area (Å²) >= 11 is 5.74. The van der Waals surface area contributed by atoms with E-state index in [1.165, 1.54) is 14.2 Å². The smallest absolute Gasteiger partial charge is 0.258 e. The van der Waals surface area contributed by atoms with Crippen molar-refractivity contribution in [1.29, 1.82) is 0 Å². The minimum absolute atomic E-state index is 0.156. The molecule has 0 saturated carbocycles. The fourth-order valence-electron chi connectivity index (χ4n) is 1.82. The topological polar surface area (TPSA) is 76.7 Å². The fraction of sp³-hybridized carbons (Fsp3) is 0.500. The standard InChI is InChI=1S/C16H23ClN2O4/c1-16(2,10-17)15(21)19-9-8-18-14(20)13-11(22-3)6-5-7-12(13)23-4/h5-7H,8-10H2,1-4H3,(H,18,20)(H,19,21). The second-order valence-electron chi connectivity index (χ2n) is 5.57. The minimum Gasteiger partial charge on any atom is -0.496 e. The van der Waals surface area contributed by atoms with E-state index >= 15 is 0 Å². The lowest BCUT2D eigenvalue weighted by Gasteiger charge is -2.20. The van der Waals surface area contributed by atoms with Crippen molar-refractivity contribution >= 4 is 23.4 Å². The lowest BCUT2D eigenvalue weighted by molar-refractivity contribution is -0.128. The molecule has 0 aromatic heterocycles. The average Bonchev–Trinajstić information content (AvgIpc) is 2.57. The lowest BCUT2D eigenvalue weighted by atomic mass is 9.95. The maximum Gasteiger partial charge on any atom is 0.258 e. The van der Waals surface area contributed by atoms with Crippen LogP contribution in [0.15, 0.2) is 18.2 Å². The van der Waals surface area contributed by atoms with Crippen LogP contribution in [0, 0.1) is 5.41 Å². The molecule has 0 aliphatic rings. The molecule has 2 amide bonds. The summed E-state index contributed by atoms with van der Waals surface area (Å²) in [7, 11) is 2.97. The van der Waals surface area contributed by atoms with Crippen LogP contribution in [0.4, 0.5) is 0 Å². The molecule has 128 valence electrons. The van der Waals surface area contributed by atoms with Gasteiger partial charge in [-0.1, -0.05) is 6.07 Å². The zero-order valence-electron chi connectivity index (χ0n) is 13.9. The van der Waals surface area contributed by atoms with Gasteiger partial charge in [0.2, 0.25) is 5.91 Å². The fourth-order valence-corrected chi connectivity index (χ4v) is 1.94. The Balaban J connectivity index is 2.60. The maximum absolute atomic E-state index is 12.3. The predicted molar refractivity (Wildman–Crippen MR) is 89.4 cm³/mol. The number of carbonyl (C=O) groups excluding carboxylic acids is 2. The molecule has 23 heavy (non-hydrogen) atoms. The van der Waals surface area contributed by atoms with Gasteiger partial charge in [-0.25, -0.2) is 0 Å². The summed E-state index contributed by atoms with van der Waals surface area (Å²) < 4.78 is 10.4. The number of carbonyl (C=O) groups is 2. The van der Waals surface area contributed by atoms with Gasteiger partial charge in [-0.2, -0.15) is 0 Å². The highest BCUT2D eigenvalue weighted by Crippen LogP contribution is 2.27. The Labute approximate surface area is 141 Å². The molecule has 1 aromatic carbocycles. The number of amides is 2. The van der Waals surface area contributed by atoms with Gasteiger partial charge in [0.05, 0.1) is 19.6 Å². The van der Waals surface area contributed by atoms with Gasteiger partial charge in [0.1, 0.15) is 17.1 Å². The average molecular weight is 343 g/mol. The highest BCUT2D eigenvalue weighted by Gasteiger charge is 2.26. The first kappa shape index (κ1) is 19.1. The third kappa shape index (κ3) is 5.03. The van der Waals surface area contributed by atoms with Crippen LogP contribution in [0.5, 0.6) is 11.5 Å². The van der Waals surface area contributed by atoms with Crippen LogP contribution in [0.2, 0.25) is 0 Å². The molecule has 1 rings (SSSR count). The molecule has 0 aliphatic heterocycles. The van der Waals surface area contributed by atoms with Gasteiger partial charge in [-0.05, 0) is 26.0 Å². The maximum atomic E-state index is 12.3. The third-order valence-electron chi connectivity index (χ3n) is 3.30. The number of hydrogen-bond donors (Lipinski definition) is 2. The number of alkyl halides is 1. The van der Waals surface area contributed by atoms with Crippen molar-refractivity contribution in [2.75, 3.05) is 33.2 Å². The summed E-state index contributed by atoms with van der Waals surface area (Å²) in [5.74, 6) is 0.592. The second kappa shape index (κ2) is 8.62. The van der Waals surface area contributed by atoms with Crippen LogP contribution in [0.1, 0.15) is 24.2 Å².